The van der Waals surface area contributed by atoms with Gasteiger partial charge in [0.05, 0.1) is 30.6 Å². The Kier molecular flexibility index (Phi) is 26.8. The fourth-order valence-electron chi connectivity index (χ4n) is 10.4. The number of H-pyrrole nitrogens is 1. The molecule has 43 heteroatoms. The number of phosphoric ester groups is 1. The van der Waals surface area contributed by atoms with Crippen LogP contribution in [0.15, 0.2) is 11.0 Å². The van der Waals surface area contributed by atoms with Crippen molar-refractivity contribution in [3.05, 3.63) is 22.1 Å². The summed E-state index contributed by atoms with van der Waals surface area (Å²) in [5.41, 5.74) is 10.9. The number of hydrogen-bond acceptors (Lipinski definition) is 25. The van der Waals surface area contributed by atoms with E-state index in [1.807, 2.05) is 0 Å². The van der Waals surface area contributed by atoms with Gasteiger partial charge in [0.2, 0.25) is 47.2 Å². The number of aliphatic hydroxyl groups excluding tert-OH is 1. The number of nitrogens with one attached hydrogen (secondary N) is 5. The van der Waals surface area contributed by atoms with Crippen LogP contribution in [0, 0.1) is 0 Å². The zero-order chi connectivity index (χ0) is 66.4. The maximum atomic E-state index is 14.3. The third-order valence-corrected chi connectivity index (χ3v) is 21.2. The highest BCUT2D eigenvalue weighted by Crippen LogP contribution is 2.66. The Hall–Kier alpha value is -5.54. The summed E-state index contributed by atoms with van der Waals surface area (Å²) in [6, 6.07) is -7.38. The first kappa shape index (κ1) is 73.5. The van der Waals surface area contributed by atoms with Gasteiger partial charge < -0.3 is 91.6 Å². The lowest BCUT2D eigenvalue weighted by atomic mass is 10.0. The van der Waals surface area contributed by atoms with E-state index in [0.717, 1.165) is 0 Å². The molecule has 7 amide bonds. The number of hydrogen-bond donors (Lipinski definition) is 15. The fourth-order valence-corrected chi connectivity index (χ4v) is 15.6. The highest BCUT2D eigenvalue weighted by atomic mass is 33.1. The number of anilines is 1. The molecular weight excluding hydrogens is 1320 g/mol. The van der Waals surface area contributed by atoms with Crippen molar-refractivity contribution in [1.82, 2.24) is 50.5 Å². The smallest absolute Gasteiger partial charge is 0.481 e. The molecule has 0 aromatic carbocycles. The summed E-state index contributed by atoms with van der Waals surface area (Å²) in [7, 11) is -14.5. The number of amides is 7. The molecule has 502 valence electrons. The highest BCUT2D eigenvalue weighted by Gasteiger charge is 2.46. The van der Waals surface area contributed by atoms with Crippen LogP contribution < -0.4 is 38.3 Å². The Balaban J connectivity index is 0.984. The number of carboxylic acids is 2. The van der Waals surface area contributed by atoms with Crippen LogP contribution in [0.3, 0.4) is 0 Å². The minimum absolute atomic E-state index is 0.0121. The van der Waals surface area contributed by atoms with E-state index in [1.54, 1.807) is 0 Å². The van der Waals surface area contributed by atoms with Crippen LogP contribution in [-0.2, 0) is 86.1 Å². The van der Waals surface area contributed by atoms with Crippen LogP contribution in [0.5, 0.6) is 0 Å². The number of thiol groups is 1. The molecule has 4 fully saturated rings. The van der Waals surface area contributed by atoms with Gasteiger partial charge in [-0.05, 0) is 57.8 Å². The van der Waals surface area contributed by atoms with Crippen molar-refractivity contribution in [3.8, 4) is 0 Å². The number of Topliss-reactive ketones (excluding diaryl/α,β-unsaturated/α-hetero) is 1. The molecule has 37 nitrogen and oxygen atoms in total. The second kappa shape index (κ2) is 32.8. The van der Waals surface area contributed by atoms with E-state index in [-0.39, 0.29) is 124 Å². The number of nitrogen functional groups attached to an aromatic ring is 1. The summed E-state index contributed by atoms with van der Waals surface area (Å²) in [5.74, 6) is -8.25. The quantitative estimate of drug-likeness (QED) is 0.0115. The van der Waals surface area contributed by atoms with Crippen LogP contribution in [0.1, 0.15) is 95.3 Å². The normalized spacial score (nSPS) is 22.5. The van der Waals surface area contributed by atoms with E-state index in [9.17, 15) is 91.5 Å². The molecule has 6 rings (SSSR count). The molecule has 2 aromatic rings. The van der Waals surface area contributed by atoms with E-state index in [1.165, 1.54) is 47.1 Å². The fraction of sp³-hybridized carbons (Fsp3) is 0.660. The highest BCUT2D eigenvalue weighted by molar-refractivity contribution is 8.76. The van der Waals surface area contributed by atoms with Crippen LogP contribution in [0.2, 0.25) is 0 Å². The SMILES string of the molecule is Nc1nc2c(c(CNC(=O)CCSSCCC(=O)N3CCCC3C(=O)N3CCCC3C(=O)NC(CCCCNC(=O)C(=O)[C@@H](N)CS)C(=O)N3CCCC3C(=O)NC(CC(=O)O)C(=O)O)cn2C2CC(O)C(COP(=O)(O)OP(=O)(O)OP(=O)(O)O)O2)c(=O)[nH]1. The minimum Gasteiger partial charge on any atom is -0.481 e. The zero-order valence-electron chi connectivity index (χ0n) is 47.8. The summed E-state index contributed by atoms with van der Waals surface area (Å²) in [5, 5.41) is 39.5. The number of carbonyl (C=O) groups excluding carboxylic acids is 8. The Bertz CT molecular complexity index is 3230. The van der Waals surface area contributed by atoms with Gasteiger partial charge in [-0.1, -0.05) is 21.6 Å². The number of ether oxygens (including phenoxy) is 1. The predicted octanol–water partition coefficient (Wildman–Crippen LogP) is -2.31. The van der Waals surface area contributed by atoms with E-state index in [2.05, 4.69) is 57.0 Å². The lowest BCUT2D eigenvalue weighted by molar-refractivity contribution is -0.149. The number of nitrogens with zero attached hydrogens (tertiary/aromatic N) is 5. The molecule has 4 aliphatic rings. The number of likely N-dealkylation sites (tertiary alicyclic amines) is 3. The van der Waals surface area contributed by atoms with Crippen LogP contribution >= 0.6 is 57.7 Å². The van der Waals surface area contributed by atoms with Gasteiger partial charge >= 0.3 is 35.4 Å². The molecule has 4 aliphatic heterocycles. The lowest BCUT2D eigenvalue weighted by Crippen LogP contribution is -2.58. The molecule has 6 heterocycles. The van der Waals surface area contributed by atoms with E-state index < -0.39 is 150 Å². The molecule has 2 aromatic heterocycles. The third kappa shape index (κ3) is 20.7. The molecule has 0 aliphatic carbocycles. The molecule has 16 N–H and O–H groups in total. The molecule has 10 unspecified atom stereocenters. The molecule has 0 spiro atoms. The lowest BCUT2D eigenvalue weighted by Gasteiger charge is -2.33. The second-order valence-corrected chi connectivity index (χ2v) is 28.5. The molecular formula is C47H71N12O25P3S3. The molecule has 4 saturated heterocycles. The monoisotopic (exact) mass is 1390 g/mol. The Morgan fingerprint density at radius 3 is 2.07 bits per heavy atom. The van der Waals surface area contributed by atoms with Crippen molar-refractivity contribution < 1.29 is 114 Å². The van der Waals surface area contributed by atoms with Crippen molar-refractivity contribution in [2.75, 3.05) is 55.8 Å². The maximum Gasteiger partial charge on any atom is 0.490 e. The summed E-state index contributed by atoms with van der Waals surface area (Å²) in [4.78, 5) is 191. The van der Waals surface area contributed by atoms with E-state index in [0.29, 0.717) is 31.4 Å². The summed E-state index contributed by atoms with van der Waals surface area (Å²) in [6.45, 7) is -0.734. The predicted molar refractivity (Wildman–Crippen MR) is 317 cm³/mol. The number of fused-ring (bicyclic) bond motifs is 1. The van der Waals surface area contributed by atoms with Crippen molar-refractivity contribution >= 4 is 134 Å². The van der Waals surface area contributed by atoms with Crippen molar-refractivity contribution in [3.63, 3.8) is 0 Å². The van der Waals surface area contributed by atoms with Gasteiger partial charge in [0.25, 0.3) is 11.5 Å². The molecule has 0 bridgehead atoms. The number of ketones is 1. The van der Waals surface area contributed by atoms with Gasteiger partial charge in [-0.25, -0.2) is 18.5 Å². The number of phosphoric acid groups is 3. The number of aliphatic carboxylic acids is 2. The largest absolute Gasteiger partial charge is 0.490 e. The Morgan fingerprint density at radius 1 is 0.822 bits per heavy atom. The first-order valence-electron chi connectivity index (χ1n) is 28.0. The third-order valence-electron chi connectivity index (χ3n) is 14.6. The number of aliphatic hydroxyl groups is 1. The zero-order valence-corrected chi connectivity index (χ0v) is 53.0. The van der Waals surface area contributed by atoms with E-state index in [4.69, 9.17) is 26.0 Å². The number of aromatic nitrogens is 3. The Labute approximate surface area is 524 Å². The Morgan fingerprint density at radius 2 is 1.43 bits per heavy atom. The number of rotatable bonds is 34. The van der Waals surface area contributed by atoms with Crippen molar-refractivity contribution in [1.29, 1.82) is 0 Å². The average molecular weight is 1390 g/mol. The topological polar surface area (TPSA) is 561 Å². The van der Waals surface area contributed by atoms with Gasteiger partial charge in [0, 0.05) is 81.0 Å². The van der Waals surface area contributed by atoms with Gasteiger partial charge in [0.15, 0.2) is 5.65 Å². The number of aromatic amines is 1. The van der Waals surface area contributed by atoms with Gasteiger partial charge in [-0.15, -0.1) is 0 Å². The second-order valence-electron chi connectivity index (χ2n) is 21.0. The number of nitrogens with two attached hydrogens (primary N) is 2. The van der Waals surface area contributed by atoms with Gasteiger partial charge in [0.1, 0.15) is 42.5 Å². The average Bonchev–Trinajstić information content (AvgIpc) is 1.62. The number of carbonyl (C=O) groups is 10. The molecule has 0 radical (unpaired) electrons. The van der Waals surface area contributed by atoms with Gasteiger partial charge in [-0.2, -0.15) is 26.2 Å². The number of unbranched alkanes of at least 4 members (excludes halogenated alkanes) is 1. The first-order valence-corrected chi connectivity index (χ1v) is 35.6. The molecule has 0 saturated carbocycles. The standard InChI is InChI=1S/C47H71N12O25P3S3/c48-25(23-88)38(65)43(69)50-12-2-1-6-26(44(70)57-14-3-7-28(57)41(67)53-27(46(72)73)18-36(63)64)52-40(66)29-8-4-15-58(29)45(71)30-9-5-13-56(30)34(62)11-17-90-89-16-10-33(61)51-20-24-21-59(39-37(24)42(68)55-47(49)54-39)35-19-31(60)32(82-35)22-81-86(77,78)84-87(79,80)83-85(74,75)76/h21,25-32,35,60,88H,1-20,22-23,48H2,(H,50,69)(H,51,61)(H,52,66)(H,53,67)(H,63,64)(H,72,73)(H,77,78)(H,79,80)(H2,74,75,76)(H3,49,54,55,68)/t25-,26?,27?,28?,29?,30?,31?,32?,35?/m0/s1. The van der Waals surface area contributed by atoms with Crippen LogP contribution in [0.25, 0.3) is 11.0 Å². The number of carboxylic acid groups (broad SMARTS) is 2. The van der Waals surface area contributed by atoms with E-state index >= 15 is 0 Å². The summed E-state index contributed by atoms with van der Waals surface area (Å²) < 4.78 is 54.0. The molecule has 11 atom stereocenters. The van der Waals surface area contributed by atoms with Crippen LogP contribution in [0.4, 0.5) is 5.95 Å². The molecule has 90 heavy (non-hydrogen) atoms. The maximum absolute atomic E-state index is 14.3. The van der Waals surface area contributed by atoms with Crippen molar-refractivity contribution in [2.45, 2.75) is 145 Å². The van der Waals surface area contributed by atoms with Gasteiger partial charge in [-0.3, -0.25) is 57.5 Å². The summed E-state index contributed by atoms with van der Waals surface area (Å²) >= 11 is 3.93. The minimum atomic E-state index is -5.83. The summed E-state index contributed by atoms with van der Waals surface area (Å²) in [6.07, 6.45) is -1.60. The van der Waals surface area contributed by atoms with Crippen molar-refractivity contribution in [2.24, 2.45) is 5.73 Å². The first-order chi connectivity index (χ1) is 42.3. The van der Waals surface area contributed by atoms with Crippen LogP contribution in [-0.4, -0.2) is 222 Å².